The van der Waals surface area contributed by atoms with Crippen molar-refractivity contribution in [2.75, 3.05) is 18.0 Å². The van der Waals surface area contributed by atoms with Crippen LogP contribution in [0.1, 0.15) is 41.7 Å². The lowest BCUT2D eigenvalue weighted by molar-refractivity contribution is 0.0945. The standard InChI is InChI=1S/C18H22N4O/c23-18(19-13-15-8-4-3-5-9-15)16-12-17(21-14-20-16)22-10-6-1-2-7-11-22/h3-5,8-9,12,14H,1-2,6-7,10-11,13H2,(H,19,23). The van der Waals surface area contributed by atoms with Crippen LogP contribution >= 0.6 is 0 Å². The van der Waals surface area contributed by atoms with E-state index in [0.29, 0.717) is 12.2 Å². The third kappa shape index (κ3) is 4.28. The molecule has 1 aliphatic rings. The molecule has 1 aliphatic heterocycles. The van der Waals surface area contributed by atoms with Crippen molar-refractivity contribution in [1.82, 2.24) is 15.3 Å². The first-order chi connectivity index (χ1) is 11.3. The van der Waals surface area contributed by atoms with Crippen molar-refractivity contribution in [3.63, 3.8) is 0 Å². The van der Waals surface area contributed by atoms with Crippen LogP contribution < -0.4 is 10.2 Å². The molecule has 2 aromatic rings. The summed E-state index contributed by atoms with van der Waals surface area (Å²) >= 11 is 0. The number of benzene rings is 1. The van der Waals surface area contributed by atoms with Crippen LogP contribution in [0.4, 0.5) is 5.82 Å². The van der Waals surface area contributed by atoms with Crippen LogP contribution in [0.2, 0.25) is 0 Å². The maximum atomic E-state index is 12.3. The van der Waals surface area contributed by atoms with E-state index in [4.69, 9.17) is 0 Å². The summed E-state index contributed by atoms with van der Waals surface area (Å²) in [6.45, 7) is 2.51. The Hall–Kier alpha value is -2.43. The summed E-state index contributed by atoms with van der Waals surface area (Å²) in [6, 6.07) is 11.7. The Morgan fingerprint density at radius 3 is 2.52 bits per heavy atom. The van der Waals surface area contributed by atoms with Crippen molar-refractivity contribution in [3.05, 3.63) is 54.0 Å². The van der Waals surface area contributed by atoms with Gasteiger partial charge in [-0.2, -0.15) is 0 Å². The molecule has 23 heavy (non-hydrogen) atoms. The molecule has 0 spiro atoms. The topological polar surface area (TPSA) is 58.1 Å². The summed E-state index contributed by atoms with van der Waals surface area (Å²) in [4.78, 5) is 23.0. The van der Waals surface area contributed by atoms with Crippen molar-refractivity contribution in [2.24, 2.45) is 0 Å². The third-order valence-electron chi connectivity index (χ3n) is 4.11. The molecule has 120 valence electrons. The number of nitrogens with one attached hydrogen (secondary N) is 1. The number of aromatic nitrogens is 2. The highest BCUT2D eigenvalue weighted by Crippen LogP contribution is 2.17. The van der Waals surface area contributed by atoms with Crippen LogP contribution in [0.25, 0.3) is 0 Å². The van der Waals surface area contributed by atoms with Gasteiger partial charge in [-0.3, -0.25) is 4.79 Å². The number of amides is 1. The Morgan fingerprint density at radius 2 is 1.78 bits per heavy atom. The predicted octanol–water partition coefficient (Wildman–Crippen LogP) is 2.79. The molecule has 0 unspecified atom stereocenters. The van der Waals surface area contributed by atoms with Gasteiger partial charge in [0, 0.05) is 25.7 Å². The maximum Gasteiger partial charge on any atom is 0.270 e. The second kappa shape index (κ2) is 7.72. The molecule has 0 atom stereocenters. The fourth-order valence-corrected chi connectivity index (χ4v) is 2.81. The molecule has 0 radical (unpaired) electrons. The average molecular weight is 310 g/mol. The molecule has 5 heteroatoms. The fraction of sp³-hybridized carbons (Fsp3) is 0.389. The quantitative estimate of drug-likeness (QED) is 0.943. The lowest BCUT2D eigenvalue weighted by Crippen LogP contribution is -2.27. The molecule has 2 heterocycles. The van der Waals surface area contributed by atoms with E-state index in [1.807, 2.05) is 30.3 Å². The average Bonchev–Trinajstić information content (AvgIpc) is 2.90. The molecule has 1 aromatic carbocycles. The molecule has 0 saturated carbocycles. The van der Waals surface area contributed by atoms with Crippen molar-refractivity contribution in [3.8, 4) is 0 Å². The van der Waals surface area contributed by atoms with Gasteiger partial charge in [-0.05, 0) is 18.4 Å². The van der Waals surface area contributed by atoms with Gasteiger partial charge in [0.05, 0.1) is 0 Å². The summed E-state index contributed by atoms with van der Waals surface area (Å²) in [5.41, 5.74) is 1.50. The number of nitrogens with zero attached hydrogens (tertiary/aromatic N) is 3. The Balaban J connectivity index is 1.65. The summed E-state index contributed by atoms with van der Waals surface area (Å²) < 4.78 is 0. The van der Waals surface area contributed by atoms with Crippen LogP contribution in [-0.2, 0) is 6.54 Å². The highest BCUT2D eigenvalue weighted by molar-refractivity contribution is 5.92. The molecule has 3 rings (SSSR count). The van der Waals surface area contributed by atoms with Crippen molar-refractivity contribution >= 4 is 11.7 Å². The Kier molecular flexibility index (Phi) is 5.19. The maximum absolute atomic E-state index is 12.3. The number of hydrogen-bond acceptors (Lipinski definition) is 4. The van der Waals surface area contributed by atoms with Crippen molar-refractivity contribution in [2.45, 2.75) is 32.2 Å². The zero-order chi connectivity index (χ0) is 15.9. The first-order valence-corrected chi connectivity index (χ1v) is 8.22. The molecule has 5 nitrogen and oxygen atoms in total. The summed E-state index contributed by atoms with van der Waals surface area (Å²) in [7, 11) is 0. The molecular formula is C18H22N4O. The van der Waals surface area contributed by atoms with E-state index in [0.717, 1.165) is 24.5 Å². The third-order valence-corrected chi connectivity index (χ3v) is 4.11. The highest BCUT2D eigenvalue weighted by atomic mass is 16.1. The van der Waals surface area contributed by atoms with Crippen LogP contribution in [-0.4, -0.2) is 29.0 Å². The van der Waals surface area contributed by atoms with E-state index in [2.05, 4.69) is 20.2 Å². The van der Waals surface area contributed by atoms with Crippen LogP contribution in [0.3, 0.4) is 0 Å². The smallest absolute Gasteiger partial charge is 0.270 e. The van der Waals surface area contributed by atoms with Gasteiger partial charge in [0.1, 0.15) is 17.8 Å². The minimum atomic E-state index is -0.160. The molecular weight excluding hydrogens is 288 g/mol. The van der Waals surface area contributed by atoms with E-state index in [-0.39, 0.29) is 5.91 Å². The van der Waals surface area contributed by atoms with E-state index in [1.54, 1.807) is 6.07 Å². The monoisotopic (exact) mass is 310 g/mol. The summed E-state index contributed by atoms with van der Waals surface area (Å²) in [5.74, 6) is 0.694. The van der Waals surface area contributed by atoms with Gasteiger partial charge in [0.25, 0.3) is 5.91 Å². The molecule has 1 fully saturated rings. The minimum absolute atomic E-state index is 0.160. The van der Waals surface area contributed by atoms with Gasteiger partial charge < -0.3 is 10.2 Å². The number of rotatable bonds is 4. The lowest BCUT2D eigenvalue weighted by atomic mass is 10.2. The van der Waals surface area contributed by atoms with Crippen molar-refractivity contribution in [1.29, 1.82) is 0 Å². The molecule has 0 bridgehead atoms. The summed E-state index contributed by atoms with van der Waals surface area (Å²) in [6.07, 6.45) is 6.38. The van der Waals surface area contributed by atoms with E-state index in [1.165, 1.54) is 32.0 Å². The minimum Gasteiger partial charge on any atom is -0.357 e. The van der Waals surface area contributed by atoms with Gasteiger partial charge in [-0.25, -0.2) is 9.97 Å². The fourth-order valence-electron chi connectivity index (χ4n) is 2.81. The second-order valence-electron chi connectivity index (χ2n) is 5.83. The highest BCUT2D eigenvalue weighted by Gasteiger charge is 2.14. The second-order valence-corrected chi connectivity index (χ2v) is 5.83. The molecule has 1 saturated heterocycles. The van der Waals surface area contributed by atoms with Crippen LogP contribution in [0.5, 0.6) is 0 Å². The first kappa shape index (κ1) is 15.5. The number of anilines is 1. The van der Waals surface area contributed by atoms with Crippen LogP contribution in [0, 0.1) is 0 Å². The normalized spacial score (nSPS) is 15.0. The SMILES string of the molecule is O=C(NCc1ccccc1)c1cc(N2CCCCCC2)ncn1. The first-order valence-electron chi connectivity index (χ1n) is 8.22. The lowest BCUT2D eigenvalue weighted by Gasteiger charge is -2.21. The van der Waals surface area contributed by atoms with Gasteiger partial charge in [-0.1, -0.05) is 43.2 Å². The number of carbonyl (C=O) groups excluding carboxylic acids is 1. The van der Waals surface area contributed by atoms with Gasteiger partial charge in [-0.15, -0.1) is 0 Å². The zero-order valence-electron chi connectivity index (χ0n) is 13.2. The number of hydrogen-bond donors (Lipinski definition) is 1. The van der Waals surface area contributed by atoms with Crippen molar-refractivity contribution < 1.29 is 4.79 Å². The Morgan fingerprint density at radius 1 is 1.04 bits per heavy atom. The van der Waals surface area contributed by atoms with Gasteiger partial charge in [0.15, 0.2) is 0 Å². The molecule has 1 amide bonds. The molecule has 1 N–H and O–H groups in total. The molecule has 1 aromatic heterocycles. The Labute approximate surface area is 136 Å². The summed E-state index contributed by atoms with van der Waals surface area (Å²) in [5, 5.41) is 2.91. The van der Waals surface area contributed by atoms with Crippen LogP contribution in [0.15, 0.2) is 42.7 Å². The van der Waals surface area contributed by atoms with E-state index >= 15 is 0 Å². The van der Waals surface area contributed by atoms with Gasteiger partial charge >= 0.3 is 0 Å². The van der Waals surface area contributed by atoms with E-state index in [9.17, 15) is 4.79 Å². The van der Waals surface area contributed by atoms with Gasteiger partial charge in [0.2, 0.25) is 0 Å². The Bertz CT molecular complexity index is 636. The van der Waals surface area contributed by atoms with E-state index < -0.39 is 0 Å². The predicted molar refractivity (Wildman–Crippen MR) is 90.3 cm³/mol. The largest absolute Gasteiger partial charge is 0.357 e. The zero-order valence-corrected chi connectivity index (χ0v) is 13.2. The number of carbonyl (C=O) groups is 1. The molecule has 0 aliphatic carbocycles.